The van der Waals surface area contributed by atoms with Gasteiger partial charge in [0.05, 0.1) is 6.42 Å². The van der Waals surface area contributed by atoms with E-state index in [1.54, 1.807) is 6.07 Å². The van der Waals surface area contributed by atoms with Crippen LogP contribution in [0.3, 0.4) is 0 Å². The summed E-state index contributed by atoms with van der Waals surface area (Å²) in [5, 5.41) is 11.9. The van der Waals surface area contributed by atoms with Crippen molar-refractivity contribution in [1.29, 1.82) is 0 Å². The first-order valence-electron chi connectivity index (χ1n) is 8.95. The molecular formula is C21H19N3O3S. The maximum Gasteiger partial charge on any atom is 0.322 e. The van der Waals surface area contributed by atoms with E-state index in [-0.39, 0.29) is 11.8 Å². The zero-order chi connectivity index (χ0) is 19.5. The summed E-state index contributed by atoms with van der Waals surface area (Å²) in [6.07, 6.45) is 0.500. The Balaban J connectivity index is 1.40. The molecule has 0 saturated heterocycles. The number of nitrogens with one attached hydrogen (secondary N) is 1. The Morgan fingerprint density at radius 1 is 1.07 bits per heavy atom. The third-order valence-electron chi connectivity index (χ3n) is 3.99. The van der Waals surface area contributed by atoms with Gasteiger partial charge in [-0.15, -0.1) is 16.9 Å². The van der Waals surface area contributed by atoms with Gasteiger partial charge in [0, 0.05) is 15.5 Å². The molecule has 1 amide bonds. The molecule has 0 fully saturated rings. The smallest absolute Gasteiger partial charge is 0.322 e. The molecule has 28 heavy (non-hydrogen) atoms. The second-order valence-corrected chi connectivity index (χ2v) is 8.24. The third kappa shape index (κ3) is 4.26. The SMILES string of the molecule is CC(C)Sc1ccc(Cc2nnc(NC(=O)c3cc4ccccc4o3)o2)cc1. The summed E-state index contributed by atoms with van der Waals surface area (Å²) in [6.45, 7) is 4.33. The monoisotopic (exact) mass is 393 g/mol. The van der Waals surface area contributed by atoms with Crippen molar-refractivity contribution in [2.24, 2.45) is 0 Å². The first kappa shape index (κ1) is 18.3. The predicted octanol–water partition coefficient (Wildman–Crippen LogP) is 5.16. The Kier molecular flexibility index (Phi) is 5.16. The van der Waals surface area contributed by atoms with Gasteiger partial charge in [-0.1, -0.05) is 49.3 Å². The van der Waals surface area contributed by atoms with E-state index in [0.717, 1.165) is 10.9 Å². The van der Waals surface area contributed by atoms with E-state index in [2.05, 4.69) is 41.5 Å². The van der Waals surface area contributed by atoms with Crippen LogP contribution in [0.15, 0.2) is 68.3 Å². The van der Waals surface area contributed by atoms with Crippen molar-refractivity contribution in [2.45, 2.75) is 30.4 Å². The van der Waals surface area contributed by atoms with Crippen molar-refractivity contribution >= 4 is 34.7 Å². The van der Waals surface area contributed by atoms with E-state index in [0.29, 0.717) is 23.1 Å². The van der Waals surface area contributed by atoms with Crippen LogP contribution in [0.25, 0.3) is 11.0 Å². The molecule has 2 aromatic carbocycles. The highest BCUT2D eigenvalue weighted by Gasteiger charge is 2.16. The number of benzene rings is 2. The average Bonchev–Trinajstić information content (AvgIpc) is 3.29. The minimum Gasteiger partial charge on any atom is -0.451 e. The van der Waals surface area contributed by atoms with Crippen LogP contribution in [0.2, 0.25) is 0 Å². The fraction of sp³-hybridized carbons (Fsp3) is 0.190. The summed E-state index contributed by atoms with van der Waals surface area (Å²) >= 11 is 1.82. The molecule has 0 aliphatic rings. The number of hydrogen-bond donors (Lipinski definition) is 1. The maximum absolute atomic E-state index is 12.3. The molecule has 0 saturated carbocycles. The topological polar surface area (TPSA) is 81.2 Å². The summed E-state index contributed by atoms with van der Waals surface area (Å²) in [6, 6.07) is 17.4. The Hall–Kier alpha value is -3.06. The second kappa shape index (κ2) is 7.90. The number of nitrogens with zero attached hydrogens (tertiary/aromatic N) is 2. The van der Waals surface area contributed by atoms with Crippen LogP contribution in [-0.2, 0) is 6.42 Å². The number of furan rings is 1. The normalized spacial score (nSPS) is 11.2. The van der Waals surface area contributed by atoms with Crippen molar-refractivity contribution in [3.05, 3.63) is 71.8 Å². The lowest BCUT2D eigenvalue weighted by Gasteiger charge is -2.05. The molecule has 6 nitrogen and oxygen atoms in total. The highest BCUT2D eigenvalue weighted by molar-refractivity contribution is 7.99. The highest BCUT2D eigenvalue weighted by Crippen LogP contribution is 2.24. The quantitative estimate of drug-likeness (QED) is 0.456. The van der Waals surface area contributed by atoms with E-state index in [4.69, 9.17) is 8.83 Å². The molecule has 2 aromatic heterocycles. The van der Waals surface area contributed by atoms with Crippen LogP contribution in [-0.4, -0.2) is 21.4 Å². The van der Waals surface area contributed by atoms with Crippen LogP contribution in [0, 0.1) is 0 Å². The van der Waals surface area contributed by atoms with Gasteiger partial charge in [-0.25, -0.2) is 0 Å². The molecule has 0 atom stereocenters. The third-order valence-corrected chi connectivity index (χ3v) is 5.00. The van der Waals surface area contributed by atoms with Gasteiger partial charge in [0.15, 0.2) is 5.76 Å². The molecule has 7 heteroatoms. The van der Waals surface area contributed by atoms with Crippen LogP contribution in [0.5, 0.6) is 0 Å². The standard InChI is InChI=1S/C21H19N3O3S/c1-13(2)28-16-9-7-14(8-10-16)11-19-23-24-21(27-19)22-20(25)18-12-15-5-3-4-6-17(15)26-18/h3-10,12-13H,11H2,1-2H3,(H,22,24,25). The zero-order valence-electron chi connectivity index (χ0n) is 15.5. The number of fused-ring (bicyclic) bond motifs is 1. The van der Waals surface area contributed by atoms with E-state index in [1.165, 1.54) is 4.90 Å². The Bertz CT molecular complexity index is 1070. The van der Waals surface area contributed by atoms with E-state index in [1.807, 2.05) is 48.2 Å². The highest BCUT2D eigenvalue weighted by atomic mass is 32.2. The molecule has 4 aromatic rings. The minimum absolute atomic E-state index is 0.0486. The maximum atomic E-state index is 12.3. The van der Waals surface area contributed by atoms with Gasteiger partial charge in [0.1, 0.15) is 5.58 Å². The van der Waals surface area contributed by atoms with Crippen LogP contribution in [0.4, 0.5) is 6.01 Å². The van der Waals surface area contributed by atoms with Gasteiger partial charge in [-0.05, 0) is 29.8 Å². The number of para-hydroxylation sites is 1. The number of rotatable bonds is 6. The first-order chi connectivity index (χ1) is 13.6. The summed E-state index contributed by atoms with van der Waals surface area (Å²) < 4.78 is 11.1. The molecule has 142 valence electrons. The van der Waals surface area contributed by atoms with Crippen molar-refractivity contribution < 1.29 is 13.6 Å². The molecule has 1 N–H and O–H groups in total. The van der Waals surface area contributed by atoms with Crippen LogP contribution in [0.1, 0.15) is 35.9 Å². The number of carbonyl (C=O) groups is 1. The molecule has 0 radical (unpaired) electrons. The van der Waals surface area contributed by atoms with Gasteiger partial charge in [0.2, 0.25) is 5.89 Å². The van der Waals surface area contributed by atoms with E-state index in [9.17, 15) is 4.79 Å². The molecule has 4 rings (SSSR count). The van der Waals surface area contributed by atoms with Crippen molar-refractivity contribution in [2.75, 3.05) is 5.32 Å². The molecule has 2 heterocycles. The molecule has 0 unspecified atom stereocenters. The number of aromatic nitrogens is 2. The number of hydrogen-bond acceptors (Lipinski definition) is 6. The lowest BCUT2D eigenvalue weighted by molar-refractivity contribution is 0.0995. The molecule has 0 bridgehead atoms. The molecule has 0 spiro atoms. The predicted molar refractivity (Wildman–Crippen MR) is 109 cm³/mol. The van der Waals surface area contributed by atoms with Gasteiger partial charge in [0.25, 0.3) is 5.91 Å². The van der Waals surface area contributed by atoms with Crippen molar-refractivity contribution in [3.8, 4) is 0 Å². The van der Waals surface area contributed by atoms with Crippen molar-refractivity contribution in [1.82, 2.24) is 10.2 Å². The number of amides is 1. The average molecular weight is 393 g/mol. The van der Waals surface area contributed by atoms with E-state index < -0.39 is 5.91 Å². The number of thioether (sulfide) groups is 1. The minimum atomic E-state index is -0.429. The number of carbonyl (C=O) groups excluding carboxylic acids is 1. The Morgan fingerprint density at radius 3 is 2.61 bits per heavy atom. The second-order valence-electron chi connectivity index (χ2n) is 6.59. The van der Waals surface area contributed by atoms with Gasteiger partial charge in [-0.2, -0.15) is 0 Å². The van der Waals surface area contributed by atoms with Crippen LogP contribution < -0.4 is 5.32 Å². The summed E-state index contributed by atoms with van der Waals surface area (Å²) in [7, 11) is 0. The summed E-state index contributed by atoms with van der Waals surface area (Å²) in [4.78, 5) is 13.6. The Morgan fingerprint density at radius 2 is 1.86 bits per heavy atom. The molecule has 0 aliphatic carbocycles. The first-order valence-corrected chi connectivity index (χ1v) is 9.83. The lowest BCUT2D eigenvalue weighted by atomic mass is 10.1. The summed E-state index contributed by atoms with van der Waals surface area (Å²) in [5.74, 6) is 0.199. The van der Waals surface area contributed by atoms with Gasteiger partial charge < -0.3 is 8.83 Å². The Labute approximate surface area is 166 Å². The molecule has 0 aliphatic heterocycles. The van der Waals surface area contributed by atoms with Gasteiger partial charge in [-0.3, -0.25) is 10.1 Å². The zero-order valence-corrected chi connectivity index (χ0v) is 16.3. The fourth-order valence-electron chi connectivity index (χ4n) is 2.76. The largest absolute Gasteiger partial charge is 0.451 e. The van der Waals surface area contributed by atoms with Gasteiger partial charge >= 0.3 is 6.01 Å². The van der Waals surface area contributed by atoms with Crippen molar-refractivity contribution in [3.63, 3.8) is 0 Å². The lowest BCUT2D eigenvalue weighted by Crippen LogP contribution is -2.10. The summed E-state index contributed by atoms with van der Waals surface area (Å²) in [5.41, 5.74) is 1.71. The van der Waals surface area contributed by atoms with Crippen LogP contribution >= 0.6 is 11.8 Å². The van der Waals surface area contributed by atoms with E-state index >= 15 is 0 Å². The number of anilines is 1. The fourth-order valence-corrected chi connectivity index (χ4v) is 3.60. The molecular weight excluding hydrogens is 374 g/mol.